The number of carbonyl (C=O) groups excluding carboxylic acids is 2. The van der Waals surface area contributed by atoms with Gasteiger partial charge in [0, 0.05) is 32.1 Å². The zero-order valence-corrected chi connectivity index (χ0v) is 14.8. The van der Waals surface area contributed by atoms with Crippen LogP contribution in [0.5, 0.6) is 0 Å². The second-order valence-corrected chi connectivity index (χ2v) is 7.41. The van der Waals surface area contributed by atoms with Crippen LogP contribution >= 0.6 is 0 Å². The molecule has 1 saturated carbocycles. The first kappa shape index (κ1) is 17.9. The number of likely N-dealkylation sites (tertiary alicyclic amines) is 1. The third-order valence-electron chi connectivity index (χ3n) is 5.60. The fourth-order valence-electron chi connectivity index (χ4n) is 4.11. The third kappa shape index (κ3) is 4.60. The van der Waals surface area contributed by atoms with Crippen LogP contribution in [0, 0.1) is 11.8 Å². The minimum atomic E-state index is -0.256. The maximum Gasteiger partial charge on any atom is 0.225 e. The van der Waals surface area contributed by atoms with Crippen LogP contribution in [0.4, 0.5) is 0 Å². The number of benzene rings is 1. The number of rotatable bonds is 6. The lowest BCUT2D eigenvalue weighted by molar-refractivity contribution is -0.129. The average molecular weight is 343 g/mol. The van der Waals surface area contributed by atoms with E-state index in [9.17, 15) is 9.59 Å². The van der Waals surface area contributed by atoms with Gasteiger partial charge in [0.1, 0.15) is 0 Å². The van der Waals surface area contributed by atoms with E-state index in [0.29, 0.717) is 32.0 Å². The van der Waals surface area contributed by atoms with Crippen molar-refractivity contribution in [3.8, 4) is 0 Å². The van der Waals surface area contributed by atoms with Crippen molar-refractivity contribution in [2.75, 3.05) is 13.1 Å². The van der Waals surface area contributed by atoms with Crippen LogP contribution in [-0.4, -0.2) is 35.8 Å². The van der Waals surface area contributed by atoms with E-state index in [-0.39, 0.29) is 23.8 Å². The summed E-state index contributed by atoms with van der Waals surface area (Å²) < 4.78 is 0. The molecular weight excluding hydrogens is 314 g/mol. The number of nitrogens with one attached hydrogen (secondary N) is 1. The fourth-order valence-corrected chi connectivity index (χ4v) is 4.11. The molecule has 136 valence electrons. The van der Waals surface area contributed by atoms with Gasteiger partial charge in [-0.25, -0.2) is 0 Å². The highest BCUT2D eigenvalue weighted by Gasteiger charge is 2.35. The summed E-state index contributed by atoms with van der Waals surface area (Å²) in [6.07, 6.45) is 6.33. The molecule has 5 nitrogen and oxygen atoms in total. The van der Waals surface area contributed by atoms with Gasteiger partial charge in [-0.05, 0) is 24.3 Å². The molecule has 2 unspecified atom stereocenters. The summed E-state index contributed by atoms with van der Waals surface area (Å²) in [5.74, 6) is 0.282. The molecule has 2 amide bonds. The molecule has 2 aliphatic rings. The molecule has 1 aliphatic heterocycles. The molecule has 2 atom stereocenters. The van der Waals surface area contributed by atoms with Crippen LogP contribution in [-0.2, 0) is 16.1 Å². The van der Waals surface area contributed by atoms with E-state index in [2.05, 4.69) is 5.32 Å². The zero-order chi connectivity index (χ0) is 17.6. The highest BCUT2D eigenvalue weighted by atomic mass is 16.2. The van der Waals surface area contributed by atoms with Gasteiger partial charge in [0.25, 0.3) is 0 Å². The first-order chi connectivity index (χ1) is 12.2. The van der Waals surface area contributed by atoms with E-state index < -0.39 is 0 Å². The summed E-state index contributed by atoms with van der Waals surface area (Å²) in [7, 11) is 0. The lowest BCUT2D eigenvalue weighted by Gasteiger charge is -2.30. The van der Waals surface area contributed by atoms with Gasteiger partial charge < -0.3 is 16.0 Å². The van der Waals surface area contributed by atoms with Gasteiger partial charge in [-0.15, -0.1) is 0 Å². The third-order valence-corrected chi connectivity index (χ3v) is 5.60. The summed E-state index contributed by atoms with van der Waals surface area (Å²) >= 11 is 0. The van der Waals surface area contributed by atoms with Gasteiger partial charge in [-0.2, -0.15) is 0 Å². The second kappa shape index (κ2) is 8.48. The van der Waals surface area contributed by atoms with Gasteiger partial charge in [0.2, 0.25) is 11.8 Å². The SMILES string of the molecule is NCC(NC(=O)C1CC(=O)N(Cc2ccccc2)C1)C1CCCCC1. The number of nitrogens with zero attached hydrogens (tertiary/aromatic N) is 1. The largest absolute Gasteiger partial charge is 0.352 e. The summed E-state index contributed by atoms with van der Waals surface area (Å²) in [4.78, 5) is 26.7. The standard InChI is InChI=1S/C20H29N3O2/c21-12-18(16-9-5-2-6-10-16)22-20(25)17-11-19(24)23(14-17)13-15-7-3-1-4-8-15/h1,3-4,7-8,16-18H,2,5-6,9-14,21H2,(H,22,25). The van der Waals surface area contributed by atoms with Gasteiger partial charge >= 0.3 is 0 Å². The highest BCUT2D eigenvalue weighted by Crippen LogP contribution is 2.27. The molecule has 3 N–H and O–H groups in total. The van der Waals surface area contributed by atoms with Crippen molar-refractivity contribution in [2.45, 2.75) is 51.1 Å². The summed E-state index contributed by atoms with van der Waals surface area (Å²) in [6.45, 7) is 1.55. The maximum absolute atomic E-state index is 12.7. The lowest BCUT2D eigenvalue weighted by atomic mass is 9.83. The Morgan fingerprint density at radius 1 is 1.20 bits per heavy atom. The molecule has 1 aromatic rings. The van der Waals surface area contributed by atoms with Gasteiger partial charge in [-0.1, -0.05) is 49.6 Å². The predicted molar refractivity (Wildman–Crippen MR) is 97.5 cm³/mol. The zero-order valence-electron chi connectivity index (χ0n) is 14.8. The second-order valence-electron chi connectivity index (χ2n) is 7.41. The number of hydrogen-bond acceptors (Lipinski definition) is 3. The van der Waals surface area contributed by atoms with Crippen LogP contribution in [0.3, 0.4) is 0 Å². The molecule has 2 fully saturated rings. The topological polar surface area (TPSA) is 75.4 Å². The minimum Gasteiger partial charge on any atom is -0.352 e. The Kier molecular flexibility index (Phi) is 6.08. The Balaban J connectivity index is 1.54. The molecule has 25 heavy (non-hydrogen) atoms. The first-order valence-corrected chi connectivity index (χ1v) is 9.49. The molecule has 1 heterocycles. The average Bonchev–Trinajstić information content (AvgIpc) is 3.02. The molecule has 1 saturated heterocycles. The smallest absolute Gasteiger partial charge is 0.225 e. The number of amides is 2. The minimum absolute atomic E-state index is 0.00932. The van der Waals surface area contributed by atoms with E-state index in [1.807, 2.05) is 30.3 Å². The van der Waals surface area contributed by atoms with Crippen LogP contribution in [0.25, 0.3) is 0 Å². The molecule has 0 spiro atoms. The Morgan fingerprint density at radius 2 is 1.92 bits per heavy atom. The van der Waals surface area contributed by atoms with Crippen molar-refractivity contribution in [1.29, 1.82) is 0 Å². The Bertz CT molecular complexity index is 584. The molecular formula is C20H29N3O2. The predicted octanol–water partition coefficient (Wildman–Crippen LogP) is 2.06. The van der Waals surface area contributed by atoms with Crippen molar-refractivity contribution >= 4 is 11.8 Å². The first-order valence-electron chi connectivity index (χ1n) is 9.49. The van der Waals surface area contributed by atoms with E-state index >= 15 is 0 Å². The van der Waals surface area contributed by atoms with Crippen molar-refractivity contribution in [2.24, 2.45) is 17.6 Å². The van der Waals surface area contributed by atoms with Crippen LogP contribution < -0.4 is 11.1 Å². The van der Waals surface area contributed by atoms with E-state index in [0.717, 1.165) is 18.4 Å². The highest BCUT2D eigenvalue weighted by molar-refractivity contribution is 5.89. The van der Waals surface area contributed by atoms with Crippen LogP contribution in [0.15, 0.2) is 30.3 Å². The van der Waals surface area contributed by atoms with Crippen molar-refractivity contribution in [3.05, 3.63) is 35.9 Å². The molecule has 1 aliphatic carbocycles. The Hall–Kier alpha value is -1.88. The van der Waals surface area contributed by atoms with Crippen LogP contribution in [0.1, 0.15) is 44.1 Å². The van der Waals surface area contributed by atoms with E-state index in [1.165, 1.54) is 19.3 Å². The summed E-state index contributed by atoms with van der Waals surface area (Å²) in [5, 5.41) is 3.14. The summed E-state index contributed by atoms with van der Waals surface area (Å²) in [5.41, 5.74) is 7.01. The molecule has 0 aromatic heterocycles. The van der Waals surface area contributed by atoms with Gasteiger partial charge in [-0.3, -0.25) is 9.59 Å². The lowest BCUT2D eigenvalue weighted by Crippen LogP contribution is -2.48. The van der Waals surface area contributed by atoms with Gasteiger partial charge in [0.15, 0.2) is 0 Å². The molecule has 3 rings (SSSR count). The monoisotopic (exact) mass is 343 g/mol. The molecule has 0 bridgehead atoms. The summed E-state index contributed by atoms with van der Waals surface area (Å²) in [6, 6.07) is 9.96. The van der Waals surface area contributed by atoms with Crippen molar-refractivity contribution < 1.29 is 9.59 Å². The normalized spacial score (nSPS) is 22.8. The molecule has 5 heteroatoms. The number of hydrogen-bond donors (Lipinski definition) is 2. The maximum atomic E-state index is 12.7. The number of carbonyl (C=O) groups is 2. The van der Waals surface area contributed by atoms with Crippen molar-refractivity contribution in [1.82, 2.24) is 10.2 Å². The number of nitrogens with two attached hydrogens (primary N) is 1. The molecule has 0 radical (unpaired) electrons. The fraction of sp³-hybridized carbons (Fsp3) is 0.600. The quantitative estimate of drug-likeness (QED) is 0.830. The van der Waals surface area contributed by atoms with Gasteiger partial charge in [0.05, 0.1) is 5.92 Å². The Labute approximate surface area is 150 Å². The Morgan fingerprint density at radius 3 is 2.60 bits per heavy atom. The van der Waals surface area contributed by atoms with E-state index in [1.54, 1.807) is 4.90 Å². The van der Waals surface area contributed by atoms with Crippen LogP contribution in [0.2, 0.25) is 0 Å². The van der Waals surface area contributed by atoms with Crippen molar-refractivity contribution in [3.63, 3.8) is 0 Å². The van der Waals surface area contributed by atoms with E-state index in [4.69, 9.17) is 5.73 Å². The molecule has 1 aromatic carbocycles.